The first-order valence-corrected chi connectivity index (χ1v) is 18.5. The number of phosphoric ester groups is 1. The molecule has 1 aromatic heterocycles. The van der Waals surface area contributed by atoms with Gasteiger partial charge in [-0.2, -0.15) is 0 Å². The van der Waals surface area contributed by atoms with E-state index >= 15 is 0 Å². The number of ether oxygens (including phenoxy) is 4. The monoisotopic (exact) mass is 660 g/mol. The van der Waals surface area contributed by atoms with Gasteiger partial charge in [0, 0.05) is 6.61 Å². The average Bonchev–Trinajstić information content (AvgIpc) is 3.68. The second kappa shape index (κ2) is 20.0. The van der Waals surface area contributed by atoms with Crippen molar-refractivity contribution in [1.82, 2.24) is 14.8 Å². The van der Waals surface area contributed by atoms with Gasteiger partial charge in [-0.05, 0) is 20.3 Å². The van der Waals surface area contributed by atoms with E-state index < -0.39 is 44.1 Å². The minimum Gasteiger partial charge on any atom is -0.379 e. The Hall–Kier alpha value is -1.44. The van der Waals surface area contributed by atoms with Gasteiger partial charge < -0.3 is 29.6 Å². The number of unbranched alkanes of at least 4 members (excludes halogenated alkanes) is 15. The molecule has 2 fully saturated rings. The molecule has 0 aliphatic carbocycles. The van der Waals surface area contributed by atoms with Gasteiger partial charge in [0.2, 0.25) is 5.82 Å². The summed E-state index contributed by atoms with van der Waals surface area (Å²) in [5.41, 5.74) is 5.25. The molecule has 1 amide bonds. The Bertz CT molecular complexity index is 1030. The van der Waals surface area contributed by atoms with Crippen molar-refractivity contribution in [3.63, 3.8) is 0 Å². The zero-order valence-corrected chi connectivity index (χ0v) is 28.5. The zero-order chi connectivity index (χ0) is 32.5. The van der Waals surface area contributed by atoms with Crippen LogP contribution in [-0.2, 0) is 32.6 Å². The number of hydrogen-bond donors (Lipinski definition) is 2. The number of phosphoric acid groups is 1. The van der Waals surface area contributed by atoms with Gasteiger partial charge >= 0.3 is 7.82 Å². The van der Waals surface area contributed by atoms with Crippen LogP contribution in [0, 0.1) is 0 Å². The van der Waals surface area contributed by atoms with E-state index in [0.29, 0.717) is 6.61 Å². The molecule has 0 radical (unpaired) electrons. The van der Waals surface area contributed by atoms with Gasteiger partial charge in [-0.25, -0.2) is 14.2 Å². The standard InChI is InChI=1S/C31H57N4O9P/c1-4-5-6-7-8-9-10-11-12-13-14-15-16-17-18-19-20-39-21-22-40-45(37,38)41-23-25-26-27(44-31(2,3)43-26)30(42-25)35-24-33-29(34-35)28(32)36/h24-27,30H,4-23H2,1-3H3,(H2,32,36)(H,37,38)/t25-,26-,27-,30-/m1/s1. The van der Waals surface area contributed by atoms with E-state index in [2.05, 4.69) is 17.0 Å². The largest absolute Gasteiger partial charge is 0.472 e. The number of primary amides is 1. The third kappa shape index (κ3) is 14.1. The molecule has 1 aromatic rings. The fraction of sp³-hybridized carbons (Fsp3) is 0.903. The molecule has 260 valence electrons. The first-order valence-electron chi connectivity index (χ1n) is 17.0. The van der Waals surface area contributed by atoms with Crippen LogP contribution in [0.25, 0.3) is 0 Å². The molecular formula is C31H57N4O9P. The molecule has 13 nitrogen and oxygen atoms in total. The van der Waals surface area contributed by atoms with Gasteiger partial charge in [0.1, 0.15) is 24.6 Å². The molecule has 2 aliphatic heterocycles. The fourth-order valence-corrected chi connectivity index (χ4v) is 6.50. The molecule has 0 bridgehead atoms. The summed E-state index contributed by atoms with van der Waals surface area (Å²) in [6, 6.07) is 0. The van der Waals surface area contributed by atoms with Crippen molar-refractivity contribution in [2.75, 3.05) is 26.4 Å². The topological polar surface area (TPSA) is 166 Å². The molecule has 0 aromatic carbocycles. The van der Waals surface area contributed by atoms with Crippen molar-refractivity contribution >= 4 is 13.7 Å². The second-order valence-electron chi connectivity index (χ2n) is 12.6. The summed E-state index contributed by atoms with van der Waals surface area (Å²) in [5, 5.41) is 4.04. The maximum absolute atomic E-state index is 12.5. The van der Waals surface area contributed by atoms with Crippen LogP contribution in [0.2, 0.25) is 0 Å². The van der Waals surface area contributed by atoms with Crippen molar-refractivity contribution in [2.45, 2.75) is 154 Å². The van der Waals surface area contributed by atoms with Crippen LogP contribution < -0.4 is 5.73 Å². The van der Waals surface area contributed by atoms with E-state index in [9.17, 15) is 14.3 Å². The number of nitrogens with two attached hydrogens (primary N) is 1. The quantitative estimate of drug-likeness (QED) is 0.0857. The molecule has 0 spiro atoms. The highest BCUT2D eigenvalue weighted by Gasteiger charge is 2.56. The Morgan fingerprint density at radius 3 is 2.00 bits per heavy atom. The third-order valence-electron chi connectivity index (χ3n) is 8.14. The molecule has 2 aliphatic rings. The normalized spacial score (nSPS) is 23.7. The molecule has 3 N–H and O–H groups in total. The number of carbonyl (C=O) groups excluding carboxylic acids is 1. The van der Waals surface area contributed by atoms with Gasteiger partial charge in [0.25, 0.3) is 5.91 Å². The molecule has 3 rings (SSSR count). The lowest BCUT2D eigenvalue weighted by Crippen LogP contribution is -2.32. The number of nitrogens with zero attached hydrogens (tertiary/aromatic N) is 3. The lowest BCUT2D eigenvalue weighted by atomic mass is 10.0. The lowest BCUT2D eigenvalue weighted by molar-refractivity contribution is -0.201. The van der Waals surface area contributed by atoms with Gasteiger partial charge in [-0.15, -0.1) is 5.10 Å². The van der Waals surface area contributed by atoms with Gasteiger partial charge in [0.15, 0.2) is 12.0 Å². The summed E-state index contributed by atoms with van der Waals surface area (Å²) in [5.74, 6) is -1.87. The van der Waals surface area contributed by atoms with Crippen LogP contribution in [0.3, 0.4) is 0 Å². The van der Waals surface area contributed by atoms with Crippen LogP contribution in [0.15, 0.2) is 6.33 Å². The summed E-state index contributed by atoms with van der Waals surface area (Å²) in [4.78, 5) is 25.4. The van der Waals surface area contributed by atoms with Gasteiger partial charge in [-0.3, -0.25) is 13.8 Å². The van der Waals surface area contributed by atoms with E-state index in [1.54, 1.807) is 13.8 Å². The Labute approximate surface area is 268 Å². The molecule has 1 unspecified atom stereocenters. The van der Waals surface area contributed by atoms with E-state index in [4.69, 9.17) is 33.7 Å². The first-order chi connectivity index (χ1) is 21.6. The van der Waals surface area contributed by atoms with Crippen molar-refractivity contribution in [1.29, 1.82) is 0 Å². The van der Waals surface area contributed by atoms with E-state index in [1.165, 1.54) is 101 Å². The average molecular weight is 661 g/mol. The molecule has 2 saturated heterocycles. The van der Waals surface area contributed by atoms with Crippen LogP contribution in [0.1, 0.15) is 140 Å². The SMILES string of the molecule is CCCCCCCCCCCCCCCCCCOCCOP(=O)(O)OC[C@H]1O[C@@H](n2cnc(C(N)=O)n2)[C@@H]2OC(C)(C)O[C@@H]21. The Morgan fingerprint density at radius 2 is 1.44 bits per heavy atom. The van der Waals surface area contributed by atoms with E-state index in [1.807, 2.05) is 0 Å². The third-order valence-corrected chi connectivity index (χ3v) is 9.13. The predicted molar refractivity (Wildman–Crippen MR) is 168 cm³/mol. The zero-order valence-electron chi connectivity index (χ0n) is 27.6. The number of hydrogen-bond acceptors (Lipinski definition) is 10. The summed E-state index contributed by atoms with van der Waals surface area (Å²) in [7, 11) is -4.36. The minimum atomic E-state index is -4.36. The van der Waals surface area contributed by atoms with Crippen molar-refractivity contribution in [2.24, 2.45) is 5.73 Å². The lowest BCUT2D eigenvalue weighted by Gasteiger charge is -2.24. The predicted octanol–water partition coefficient (Wildman–Crippen LogP) is 6.21. The Kier molecular flexibility index (Phi) is 16.9. The number of carbonyl (C=O) groups is 1. The molecule has 5 atom stereocenters. The van der Waals surface area contributed by atoms with Gasteiger partial charge in [0.05, 0.1) is 19.8 Å². The number of fused-ring (bicyclic) bond motifs is 1. The van der Waals surface area contributed by atoms with Crippen LogP contribution in [-0.4, -0.2) is 76.1 Å². The summed E-state index contributed by atoms with van der Waals surface area (Å²) in [6.45, 7) is 6.18. The van der Waals surface area contributed by atoms with E-state index in [0.717, 1.165) is 12.8 Å². The maximum Gasteiger partial charge on any atom is 0.472 e. The molecular weight excluding hydrogens is 603 g/mol. The minimum absolute atomic E-state index is 0.0751. The van der Waals surface area contributed by atoms with Crippen LogP contribution >= 0.6 is 7.82 Å². The highest BCUT2D eigenvalue weighted by molar-refractivity contribution is 7.47. The number of rotatable bonds is 26. The Morgan fingerprint density at radius 1 is 0.889 bits per heavy atom. The summed E-state index contributed by atoms with van der Waals surface area (Å²) < 4.78 is 47.5. The summed E-state index contributed by atoms with van der Waals surface area (Å²) in [6.07, 6.45) is 19.5. The Balaban J connectivity index is 1.18. The molecule has 14 heteroatoms. The van der Waals surface area contributed by atoms with Crippen LogP contribution in [0.4, 0.5) is 0 Å². The highest BCUT2D eigenvalue weighted by atomic mass is 31.2. The van der Waals surface area contributed by atoms with Crippen molar-refractivity contribution < 1.29 is 42.2 Å². The van der Waals surface area contributed by atoms with Crippen molar-refractivity contribution in [3.05, 3.63) is 12.2 Å². The smallest absolute Gasteiger partial charge is 0.379 e. The fourth-order valence-electron chi connectivity index (χ4n) is 5.79. The second-order valence-corrected chi connectivity index (χ2v) is 14.0. The highest BCUT2D eigenvalue weighted by Crippen LogP contribution is 2.47. The molecule has 0 saturated carbocycles. The summed E-state index contributed by atoms with van der Waals surface area (Å²) >= 11 is 0. The van der Waals surface area contributed by atoms with Gasteiger partial charge in [-0.1, -0.05) is 103 Å². The van der Waals surface area contributed by atoms with E-state index in [-0.39, 0.29) is 25.6 Å². The first kappa shape index (κ1) is 38.0. The molecule has 45 heavy (non-hydrogen) atoms. The number of aromatic nitrogens is 3. The maximum atomic E-state index is 12.5. The number of amides is 1. The molecule has 3 heterocycles. The van der Waals surface area contributed by atoms with Crippen LogP contribution in [0.5, 0.6) is 0 Å². The van der Waals surface area contributed by atoms with Crippen molar-refractivity contribution in [3.8, 4) is 0 Å².